The highest BCUT2D eigenvalue weighted by atomic mass is 16.6. The van der Waals surface area contributed by atoms with Gasteiger partial charge in [0.05, 0.1) is 6.61 Å². The van der Waals surface area contributed by atoms with Crippen molar-refractivity contribution in [3.05, 3.63) is 77.6 Å². The van der Waals surface area contributed by atoms with Crippen molar-refractivity contribution in [1.82, 2.24) is 4.90 Å². The molecule has 5 nitrogen and oxygen atoms in total. The van der Waals surface area contributed by atoms with Gasteiger partial charge in [0.2, 0.25) is 0 Å². The second-order valence-electron chi connectivity index (χ2n) is 6.36. The van der Waals surface area contributed by atoms with Gasteiger partial charge in [0.25, 0.3) is 0 Å². The van der Waals surface area contributed by atoms with E-state index in [0.717, 1.165) is 28.0 Å². The third-order valence-electron chi connectivity index (χ3n) is 4.43. The van der Waals surface area contributed by atoms with Crippen LogP contribution in [0.1, 0.15) is 31.4 Å². The molecular weight excluding hydrogens is 352 g/mol. The fourth-order valence-corrected chi connectivity index (χ4v) is 3.04. The summed E-state index contributed by atoms with van der Waals surface area (Å²) in [6.07, 6.45) is 8.28. The lowest BCUT2D eigenvalue weighted by Crippen LogP contribution is -2.36. The number of fused-ring (bicyclic) bond motifs is 1. The summed E-state index contributed by atoms with van der Waals surface area (Å²) in [6, 6.07) is 8.17. The topological polar surface area (TPSA) is 64.8 Å². The monoisotopic (exact) mass is 382 g/mol. The minimum absolute atomic E-state index is 0.330. The molecule has 0 radical (unpaired) electrons. The number of ether oxygens (including phenoxy) is 2. The van der Waals surface area contributed by atoms with Crippen molar-refractivity contribution in [2.45, 2.75) is 26.9 Å². The van der Waals surface area contributed by atoms with E-state index in [0.29, 0.717) is 39.3 Å². The van der Waals surface area contributed by atoms with Crippen LogP contribution in [0, 0.1) is 0 Å². The number of nitrogens with two attached hydrogens (primary N) is 1. The van der Waals surface area contributed by atoms with Crippen LogP contribution < -0.4 is 5.73 Å². The van der Waals surface area contributed by atoms with E-state index in [4.69, 9.17) is 15.2 Å². The van der Waals surface area contributed by atoms with E-state index in [2.05, 4.69) is 24.8 Å². The van der Waals surface area contributed by atoms with Gasteiger partial charge >= 0.3 is 6.09 Å². The van der Waals surface area contributed by atoms with Gasteiger partial charge < -0.3 is 20.1 Å². The van der Waals surface area contributed by atoms with Crippen molar-refractivity contribution < 1.29 is 14.3 Å². The van der Waals surface area contributed by atoms with Crippen molar-refractivity contribution in [1.29, 1.82) is 0 Å². The molecule has 1 aliphatic heterocycles. The Kier molecular flexibility index (Phi) is 8.56. The molecule has 1 aliphatic rings. The molecule has 0 aliphatic carbocycles. The Bertz CT molecular complexity index is 778. The lowest BCUT2D eigenvalue weighted by molar-refractivity contribution is 0.109. The predicted molar refractivity (Wildman–Crippen MR) is 114 cm³/mol. The summed E-state index contributed by atoms with van der Waals surface area (Å²) >= 11 is 0. The van der Waals surface area contributed by atoms with E-state index in [1.807, 2.05) is 37.3 Å². The van der Waals surface area contributed by atoms with Gasteiger partial charge in [0.15, 0.2) is 0 Å². The van der Waals surface area contributed by atoms with E-state index in [-0.39, 0.29) is 6.09 Å². The van der Waals surface area contributed by atoms with Gasteiger partial charge in [-0.25, -0.2) is 4.79 Å². The number of nitrogens with zero attached hydrogens (tertiary/aromatic N) is 1. The first-order chi connectivity index (χ1) is 13.6. The Balaban J connectivity index is 2.27. The second kappa shape index (κ2) is 11.1. The number of hydrogen-bond donors (Lipinski definition) is 1. The first kappa shape index (κ1) is 21.5. The van der Waals surface area contributed by atoms with Gasteiger partial charge in [-0.3, -0.25) is 0 Å². The quantitative estimate of drug-likeness (QED) is 0.758. The maximum Gasteiger partial charge on any atom is 0.409 e. The van der Waals surface area contributed by atoms with Crippen molar-refractivity contribution in [3.63, 3.8) is 0 Å². The number of rotatable bonds is 7. The van der Waals surface area contributed by atoms with Crippen LogP contribution in [0.15, 0.2) is 66.5 Å². The molecule has 150 valence electrons. The van der Waals surface area contributed by atoms with E-state index >= 15 is 0 Å². The van der Waals surface area contributed by atoms with Crippen LogP contribution in [0.2, 0.25) is 0 Å². The summed E-state index contributed by atoms with van der Waals surface area (Å²) in [5.41, 5.74) is 9.73. The molecule has 0 fully saturated rings. The van der Waals surface area contributed by atoms with Gasteiger partial charge in [-0.1, -0.05) is 49.1 Å². The highest BCUT2D eigenvalue weighted by Gasteiger charge is 2.20. The molecule has 1 amide bonds. The molecule has 0 aromatic heterocycles. The smallest absolute Gasteiger partial charge is 0.409 e. The maximum absolute atomic E-state index is 12.1. The highest BCUT2D eigenvalue weighted by molar-refractivity contribution is 5.84. The third kappa shape index (κ3) is 5.60. The lowest BCUT2D eigenvalue weighted by atomic mass is 9.93. The summed E-state index contributed by atoms with van der Waals surface area (Å²) in [7, 11) is 0. The van der Waals surface area contributed by atoms with Crippen molar-refractivity contribution >= 4 is 11.7 Å². The molecule has 1 aromatic rings. The van der Waals surface area contributed by atoms with Crippen LogP contribution in [0.4, 0.5) is 4.79 Å². The normalized spacial score (nSPS) is 16.8. The third-order valence-corrected chi connectivity index (χ3v) is 4.43. The maximum atomic E-state index is 12.1. The number of benzene rings is 1. The molecule has 0 bridgehead atoms. The first-order valence-electron chi connectivity index (χ1n) is 9.68. The van der Waals surface area contributed by atoms with Gasteiger partial charge in [-0.15, -0.1) is 0 Å². The van der Waals surface area contributed by atoms with Gasteiger partial charge in [0.1, 0.15) is 12.4 Å². The summed E-state index contributed by atoms with van der Waals surface area (Å²) < 4.78 is 11.1. The molecule has 0 saturated carbocycles. The molecular formula is C23H30N2O3. The number of amides is 1. The second-order valence-corrected chi connectivity index (χ2v) is 6.36. The van der Waals surface area contributed by atoms with Crippen LogP contribution in [0.25, 0.3) is 5.57 Å². The largest absolute Gasteiger partial charge is 0.488 e. The van der Waals surface area contributed by atoms with Gasteiger partial charge in [-0.05, 0) is 43.0 Å². The molecule has 1 heterocycles. The fraction of sp³-hybridized carbons (Fsp3) is 0.348. The average Bonchev–Trinajstić information content (AvgIpc) is 2.83. The van der Waals surface area contributed by atoms with Crippen LogP contribution in [-0.2, 0) is 16.1 Å². The van der Waals surface area contributed by atoms with E-state index in [9.17, 15) is 4.79 Å². The van der Waals surface area contributed by atoms with E-state index < -0.39 is 0 Å². The zero-order chi connectivity index (χ0) is 20.4. The molecule has 0 saturated heterocycles. The Morgan fingerprint density at radius 3 is 2.86 bits per heavy atom. The first-order valence-corrected chi connectivity index (χ1v) is 9.68. The van der Waals surface area contributed by atoms with Gasteiger partial charge in [0, 0.05) is 25.2 Å². The number of carbonyl (C=O) groups excluding carboxylic acids is 1. The Labute approximate surface area is 167 Å². The van der Waals surface area contributed by atoms with E-state index in [1.165, 1.54) is 0 Å². The van der Waals surface area contributed by atoms with Gasteiger partial charge in [-0.2, -0.15) is 0 Å². The molecule has 0 atom stereocenters. The minimum atomic E-state index is -0.330. The minimum Gasteiger partial charge on any atom is -0.488 e. The van der Waals surface area contributed by atoms with Crippen LogP contribution in [0.5, 0.6) is 0 Å². The summed E-state index contributed by atoms with van der Waals surface area (Å²) in [4.78, 5) is 13.7. The zero-order valence-corrected chi connectivity index (χ0v) is 16.8. The Hall–Kier alpha value is -2.79. The van der Waals surface area contributed by atoms with Crippen molar-refractivity contribution in [2.75, 3.05) is 26.2 Å². The molecule has 5 heteroatoms. The molecule has 2 rings (SSSR count). The van der Waals surface area contributed by atoms with Crippen LogP contribution in [0.3, 0.4) is 0 Å². The van der Waals surface area contributed by atoms with Crippen molar-refractivity contribution in [3.8, 4) is 0 Å². The Morgan fingerprint density at radius 1 is 1.36 bits per heavy atom. The molecule has 0 unspecified atom stereocenters. The zero-order valence-electron chi connectivity index (χ0n) is 16.8. The SMILES string of the molecule is C=C1/C(=C\CCN(CCN)C(=O)OCC)c2ccccc2CO/C1=C/C=C\C. The molecule has 0 spiro atoms. The molecule has 1 aromatic carbocycles. The molecule has 2 N–H and O–H groups in total. The number of hydrogen-bond acceptors (Lipinski definition) is 4. The summed E-state index contributed by atoms with van der Waals surface area (Å²) in [5, 5.41) is 0. The average molecular weight is 383 g/mol. The van der Waals surface area contributed by atoms with Crippen LogP contribution in [-0.4, -0.2) is 37.2 Å². The summed E-state index contributed by atoms with van der Waals surface area (Å²) in [5.74, 6) is 0.754. The van der Waals surface area contributed by atoms with E-state index in [1.54, 1.807) is 11.8 Å². The lowest BCUT2D eigenvalue weighted by Gasteiger charge is -2.20. The molecule has 28 heavy (non-hydrogen) atoms. The Morgan fingerprint density at radius 2 is 2.14 bits per heavy atom. The van der Waals surface area contributed by atoms with Crippen molar-refractivity contribution in [2.24, 2.45) is 5.73 Å². The predicted octanol–water partition coefficient (Wildman–Crippen LogP) is 4.42. The standard InChI is InChI=1S/C23H30N2O3/c1-4-6-13-22-18(3)20(21-11-8-7-10-19(21)17-28-22)12-9-15-25(16-14-24)23(26)27-5-2/h4,6-8,10-13H,3,5,9,14-17,24H2,1-2H3/b6-4-,20-12+,22-13+. The number of allylic oxidation sites excluding steroid dienone is 4. The number of carbonyl (C=O) groups is 1. The highest BCUT2D eigenvalue weighted by Crippen LogP contribution is 2.35. The van der Waals surface area contributed by atoms with Crippen LogP contribution >= 0.6 is 0 Å². The fourth-order valence-electron chi connectivity index (χ4n) is 3.04. The summed E-state index contributed by atoms with van der Waals surface area (Å²) in [6.45, 7) is 10.3.